The van der Waals surface area contributed by atoms with Crippen LogP contribution >= 0.6 is 0 Å². The number of aromatic amines is 1. The SMILES string of the molecule is COCCc1[nH]nc(N)c1-c1ccc(F)cc1F. The van der Waals surface area contributed by atoms with Crippen molar-refractivity contribution in [1.82, 2.24) is 10.2 Å². The molecule has 4 nitrogen and oxygen atoms in total. The van der Waals surface area contributed by atoms with Gasteiger partial charge in [0.2, 0.25) is 0 Å². The van der Waals surface area contributed by atoms with Gasteiger partial charge in [0.1, 0.15) is 11.6 Å². The van der Waals surface area contributed by atoms with Crippen LogP contribution in [0.25, 0.3) is 11.1 Å². The van der Waals surface area contributed by atoms with Gasteiger partial charge in [-0.3, -0.25) is 5.10 Å². The molecule has 0 saturated carbocycles. The van der Waals surface area contributed by atoms with Crippen LogP contribution in [0.1, 0.15) is 5.69 Å². The number of ether oxygens (including phenoxy) is 1. The zero-order chi connectivity index (χ0) is 13.1. The van der Waals surface area contributed by atoms with Gasteiger partial charge in [0.25, 0.3) is 0 Å². The van der Waals surface area contributed by atoms with E-state index in [0.29, 0.717) is 24.3 Å². The van der Waals surface area contributed by atoms with E-state index >= 15 is 0 Å². The average molecular weight is 253 g/mol. The van der Waals surface area contributed by atoms with Crippen LogP contribution in [-0.2, 0) is 11.2 Å². The number of halogens is 2. The molecule has 0 saturated heterocycles. The van der Waals surface area contributed by atoms with Crippen LogP contribution in [0.5, 0.6) is 0 Å². The molecule has 1 aromatic heterocycles. The maximum Gasteiger partial charge on any atom is 0.153 e. The molecule has 2 rings (SSSR count). The molecule has 2 aromatic rings. The fourth-order valence-electron chi connectivity index (χ4n) is 1.77. The Kier molecular flexibility index (Phi) is 3.57. The van der Waals surface area contributed by atoms with E-state index in [1.54, 1.807) is 7.11 Å². The van der Waals surface area contributed by atoms with Gasteiger partial charge in [-0.15, -0.1) is 0 Å². The normalized spacial score (nSPS) is 10.8. The van der Waals surface area contributed by atoms with Crippen molar-refractivity contribution in [1.29, 1.82) is 0 Å². The standard InChI is InChI=1S/C12H13F2N3O/c1-18-5-4-10-11(12(15)17-16-10)8-3-2-7(13)6-9(8)14/h2-3,6H,4-5H2,1H3,(H3,15,16,17). The lowest BCUT2D eigenvalue weighted by atomic mass is 10.0. The van der Waals surface area contributed by atoms with Crippen molar-refractivity contribution in [3.63, 3.8) is 0 Å². The first kappa shape index (κ1) is 12.5. The van der Waals surface area contributed by atoms with Crippen LogP contribution in [0.3, 0.4) is 0 Å². The van der Waals surface area contributed by atoms with Gasteiger partial charge >= 0.3 is 0 Å². The van der Waals surface area contributed by atoms with E-state index in [0.717, 1.165) is 6.07 Å². The number of aromatic nitrogens is 2. The summed E-state index contributed by atoms with van der Waals surface area (Å²) in [4.78, 5) is 0. The van der Waals surface area contributed by atoms with E-state index in [-0.39, 0.29) is 11.4 Å². The highest BCUT2D eigenvalue weighted by molar-refractivity contribution is 5.76. The maximum absolute atomic E-state index is 13.7. The minimum atomic E-state index is -0.665. The van der Waals surface area contributed by atoms with Crippen molar-refractivity contribution in [2.24, 2.45) is 0 Å². The van der Waals surface area contributed by atoms with E-state index in [1.165, 1.54) is 12.1 Å². The molecule has 1 aromatic carbocycles. The number of nitrogens with two attached hydrogens (primary N) is 1. The third kappa shape index (κ3) is 2.33. The number of nitrogens with zero attached hydrogens (tertiary/aromatic N) is 1. The molecule has 18 heavy (non-hydrogen) atoms. The van der Waals surface area contributed by atoms with E-state index in [4.69, 9.17) is 10.5 Å². The molecule has 0 radical (unpaired) electrons. The van der Waals surface area contributed by atoms with Crippen molar-refractivity contribution in [3.8, 4) is 11.1 Å². The van der Waals surface area contributed by atoms with Crippen LogP contribution < -0.4 is 5.73 Å². The summed E-state index contributed by atoms with van der Waals surface area (Å²) in [5.74, 6) is -1.11. The number of anilines is 1. The van der Waals surface area contributed by atoms with Gasteiger partial charge in [-0.25, -0.2) is 8.78 Å². The number of nitrogen functional groups attached to an aromatic ring is 1. The number of H-pyrrole nitrogens is 1. The highest BCUT2D eigenvalue weighted by Crippen LogP contribution is 2.30. The second-order valence-corrected chi connectivity index (χ2v) is 3.83. The molecule has 96 valence electrons. The molecule has 0 spiro atoms. The predicted molar refractivity (Wildman–Crippen MR) is 63.9 cm³/mol. The summed E-state index contributed by atoms with van der Waals surface area (Å²) in [6.45, 7) is 0.456. The van der Waals surface area contributed by atoms with Crippen molar-refractivity contribution in [3.05, 3.63) is 35.5 Å². The van der Waals surface area contributed by atoms with Gasteiger partial charge < -0.3 is 10.5 Å². The van der Waals surface area contributed by atoms with Crippen molar-refractivity contribution >= 4 is 5.82 Å². The molecule has 3 N–H and O–H groups in total. The Morgan fingerprint density at radius 1 is 1.39 bits per heavy atom. The zero-order valence-electron chi connectivity index (χ0n) is 9.84. The second kappa shape index (κ2) is 5.14. The minimum absolute atomic E-state index is 0.187. The van der Waals surface area contributed by atoms with Crippen molar-refractivity contribution < 1.29 is 13.5 Å². The molecular weight excluding hydrogens is 240 g/mol. The molecule has 1 heterocycles. The van der Waals surface area contributed by atoms with Gasteiger partial charge in [-0.1, -0.05) is 0 Å². The van der Waals surface area contributed by atoms with Crippen LogP contribution in [0.15, 0.2) is 18.2 Å². The topological polar surface area (TPSA) is 63.9 Å². The smallest absolute Gasteiger partial charge is 0.153 e. The summed E-state index contributed by atoms with van der Waals surface area (Å²) in [6, 6.07) is 3.36. The summed E-state index contributed by atoms with van der Waals surface area (Å²) < 4.78 is 31.6. The van der Waals surface area contributed by atoms with Gasteiger partial charge in [0, 0.05) is 36.4 Å². The third-order valence-corrected chi connectivity index (χ3v) is 2.63. The number of hydrogen-bond donors (Lipinski definition) is 2. The zero-order valence-corrected chi connectivity index (χ0v) is 9.84. The fraction of sp³-hybridized carbons (Fsp3) is 0.250. The number of rotatable bonds is 4. The average Bonchev–Trinajstić information content (AvgIpc) is 2.68. The summed E-state index contributed by atoms with van der Waals surface area (Å²) in [7, 11) is 1.57. The number of methoxy groups -OCH3 is 1. The summed E-state index contributed by atoms with van der Waals surface area (Å²) in [5, 5.41) is 6.58. The summed E-state index contributed by atoms with van der Waals surface area (Å²) >= 11 is 0. The molecule has 0 bridgehead atoms. The molecule has 6 heteroatoms. The quantitative estimate of drug-likeness (QED) is 0.877. The molecule has 0 amide bonds. The minimum Gasteiger partial charge on any atom is -0.384 e. The molecule has 0 aliphatic heterocycles. The predicted octanol–water partition coefficient (Wildman–Crippen LogP) is 2.13. The lowest BCUT2D eigenvalue weighted by Crippen LogP contribution is -1.98. The van der Waals surface area contributed by atoms with E-state index in [1.807, 2.05) is 0 Å². The highest BCUT2D eigenvalue weighted by Gasteiger charge is 2.16. The van der Waals surface area contributed by atoms with Gasteiger partial charge in [-0.05, 0) is 12.1 Å². The molecule has 0 fully saturated rings. The number of benzene rings is 1. The Hall–Kier alpha value is -1.95. The lowest BCUT2D eigenvalue weighted by Gasteiger charge is -2.05. The Morgan fingerprint density at radius 3 is 2.83 bits per heavy atom. The fourth-order valence-corrected chi connectivity index (χ4v) is 1.77. The molecule has 0 aliphatic carbocycles. The van der Waals surface area contributed by atoms with Crippen LogP contribution in [-0.4, -0.2) is 23.9 Å². The first-order chi connectivity index (χ1) is 8.63. The van der Waals surface area contributed by atoms with E-state index in [2.05, 4.69) is 10.2 Å². The maximum atomic E-state index is 13.7. The Balaban J connectivity index is 2.45. The van der Waals surface area contributed by atoms with Gasteiger partial charge in [0.05, 0.1) is 6.61 Å². The van der Waals surface area contributed by atoms with Gasteiger partial charge in [0.15, 0.2) is 5.82 Å². The highest BCUT2D eigenvalue weighted by atomic mass is 19.1. The van der Waals surface area contributed by atoms with Crippen molar-refractivity contribution in [2.75, 3.05) is 19.5 Å². The van der Waals surface area contributed by atoms with Gasteiger partial charge in [-0.2, -0.15) is 5.10 Å². The second-order valence-electron chi connectivity index (χ2n) is 3.83. The Bertz CT molecular complexity index is 554. The first-order valence-electron chi connectivity index (χ1n) is 5.40. The summed E-state index contributed by atoms with van der Waals surface area (Å²) in [6.07, 6.45) is 0.521. The van der Waals surface area contributed by atoms with Crippen LogP contribution in [0.4, 0.5) is 14.6 Å². The summed E-state index contributed by atoms with van der Waals surface area (Å²) in [5.41, 5.74) is 7.07. The monoisotopic (exact) mass is 253 g/mol. The van der Waals surface area contributed by atoms with Crippen LogP contribution in [0, 0.1) is 11.6 Å². The Morgan fingerprint density at radius 2 is 2.17 bits per heavy atom. The number of hydrogen-bond acceptors (Lipinski definition) is 3. The number of nitrogens with one attached hydrogen (secondary N) is 1. The molecule has 0 aliphatic rings. The lowest BCUT2D eigenvalue weighted by molar-refractivity contribution is 0.201. The molecule has 0 atom stereocenters. The van der Waals surface area contributed by atoms with Crippen molar-refractivity contribution in [2.45, 2.75) is 6.42 Å². The van der Waals surface area contributed by atoms with E-state index in [9.17, 15) is 8.78 Å². The molecule has 0 unspecified atom stereocenters. The molecular formula is C12H13F2N3O. The van der Waals surface area contributed by atoms with Crippen LogP contribution in [0.2, 0.25) is 0 Å². The third-order valence-electron chi connectivity index (χ3n) is 2.63. The Labute approximate surface area is 103 Å². The van der Waals surface area contributed by atoms with E-state index < -0.39 is 11.6 Å². The largest absolute Gasteiger partial charge is 0.384 e. The first-order valence-corrected chi connectivity index (χ1v) is 5.40.